The second kappa shape index (κ2) is 3.24. The average Bonchev–Trinajstić information content (AvgIpc) is 1.88. The number of hydrogen-bond donors (Lipinski definition) is 0. The average molecular weight is 137 g/mol. The third-order valence-electron chi connectivity index (χ3n) is 2.24. The van der Waals surface area contributed by atoms with E-state index in [0.717, 1.165) is 5.82 Å². The highest BCUT2D eigenvalue weighted by Crippen LogP contribution is 2.21. The summed E-state index contributed by atoms with van der Waals surface area (Å²) in [5.74, 6) is 0.802. The van der Waals surface area contributed by atoms with E-state index in [-0.39, 0.29) is 0 Å². The molecule has 10 heavy (non-hydrogen) atoms. The Hall–Kier alpha value is -0.235. The van der Waals surface area contributed by atoms with Crippen molar-refractivity contribution in [1.29, 1.82) is 0 Å². The molecular weight excluding hydrogens is 121 g/mol. The minimum atomic E-state index is 0.691. The highest BCUT2D eigenvalue weighted by Gasteiger charge is 2.13. The van der Waals surface area contributed by atoms with Crippen molar-refractivity contribution < 1.29 is 0 Å². The lowest BCUT2D eigenvalue weighted by atomic mass is 9.78. The molecule has 0 N–H and O–H groups in total. The minimum absolute atomic E-state index is 0.691. The first-order valence-electron chi connectivity index (χ1n) is 4.05. The Bertz CT molecular complexity index is 131. The molecule has 0 bridgehead atoms. The summed E-state index contributed by atoms with van der Waals surface area (Å²) < 4.78 is 0. The van der Waals surface area contributed by atoms with Crippen molar-refractivity contribution >= 4 is 7.85 Å². The number of likely N-dealkylation sites (N-methyl/N-ethyl adjacent to an activating group) is 1. The van der Waals surface area contributed by atoms with E-state index in [2.05, 4.69) is 39.0 Å². The summed E-state index contributed by atoms with van der Waals surface area (Å²) in [5.41, 5.74) is 0. The predicted molar refractivity (Wildman–Crippen MR) is 48.1 cm³/mol. The molecule has 2 heteroatoms. The highest BCUT2D eigenvalue weighted by molar-refractivity contribution is 6.12. The fraction of sp³-hybridized carbons (Fsp3) is 0.750. The fourth-order valence-electron chi connectivity index (χ4n) is 1.37. The third-order valence-corrected chi connectivity index (χ3v) is 2.24. The molecule has 0 aliphatic heterocycles. The van der Waals surface area contributed by atoms with Gasteiger partial charge in [0.25, 0.3) is 0 Å². The van der Waals surface area contributed by atoms with E-state index in [0.29, 0.717) is 6.04 Å². The molecule has 1 aliphatic rings. The van der Waals surface area contributed by atoms with Gasteiger partial charge < -0.3 is 4.90 Å². The summed E-state index contributed by atoms with van der Waals surface area (Å²) >= 11 is 0. The van der Waals surface area contributed by atoms with Crippen molar-refractivity contribution in [2.45, 2.75) is 24.7 Å². The Labute approximate surface area is 64.5 Å². The second-order valence-corrected chi connectivity index (χ2v) is 3.47. The summed E-state index contributed by atoms with van der Waals surface area (Å²) in [7, 11) is 6.57. The summed E-state index contributed by atoms with van der Waals surface area (Å²) in [6.07, 6.45) is 7.33. The SMILES string of the molecule is BC1C=CC(N(C)C)CC1. The zero-order valence-electron chi connectivity index (χ0n) is 7.17. The first-order valence-corrected chi connectivity index (χ1v) is 4.05. The van der Waals surface area contributed by atoms with Crippen LogP contribution in [-0.2, 0) is 0 Å². The lowest BCUT2D eigenvalue weighted by molar-refractivity contribution is 0.316. The van der Waals surface area contributed by atoms with E-state index in [4.69, 9.17) is 0 Å². The number of rotatable bonds is 1. The normalized spacial score (nSPS) is 33.1. The lowest BCUT2D eigenvalue weighted by Gasteiger charge is -2.25. The van der Waals surface area contributed by atoms with Crippen LogP contribution in [0.3, 0.4) is 0 Å². The maximum absolute atomic E-state index is 2.33. The van der Waals surface area contributed by atoms with E-state index in [1.165, 1.54) is 12.8 Å². The van der Waals surface area contributed by atoms with Gasteiger partial charge in [-0.3, -0.25) is 0 Å². The van der Waals surface area contributed by atoms with Crippen molar-refractivity contribution in [2.75, 3.05) is 14.1 Å². The van der Waals surface area contributed by atoms with Crippen molar-refractivity contribution in [2.24, 2.45) is 0 Å². The van der Waals surface area contributed by atoms with Gasteiger partial charge in [-0.1, -0.05) is 24.4 Å². The van der Waals surface area contributed by atoms with Gasteiger partial charge in [-0.15, -0.1) is 0 Å². The van der Waals surface area contributed by atoms with Gasteiger partial charge in [0.2, 0.25) is 0 Å². The molecule has 0 aromatic heterocycles. The molecular formula is C8H16BN. The maximum atomic E-state index is 2.33. The zero-order valence-corrected chi connectivity index (χ0v) is 7.17. The summed E-state index contributed by atoms with van der Waals surface area (Å²) in [6.45, 7) is 0. The van der Waals surface area contributed by atoms with Gasteiger partial charge in [0.1, 0.15) is 7.85 Å². The lowest BCUT2D eigenvalue weighted by Crippen LogP contribution is -2.27. The molecule has 0 fully saturated rings. The van der Waals surface area contributed by atoms with Crippen molar-refractivity contribution in [1.82, 2.24) is 4.90 Å². The van der Waals surface area contributed by atoms with Gasteiger partial charge in [0, 0.05) is 6.04 Å². The van der Waals surface area contributed by atoms with Gasteiger partial charge in [-0.05, 0) is 20.5 Å². The number of nitrogens with zero attached hydrogens (tertiary/aromatic N) is 1. The molecule has 0 saturated carbocycles. The van der Waals surface area contributed by atoms with Crippen molar-refractivity contribution in [3.05, 3.63) is 12.2 Å². The molecule has 0 spiro atoms. The summed E-state index contributed by atoms with van der Waals surface area (Å²) in [6, 6.07) is 0.691. The topological polar surface area (TPSA) is 3.24 Å². The molecule has 1 rings (SSSR count). The van der Waals surface area contributed by atoms with Crippen molar-refractivity contribution in [3.63, 3.8) is 0 Å². The number of hydrogen-bond acceptors (Lipinski definition) is 1. The second-order valence-electron chi connectivity index (χ2n) is 3.47. The van der Waals surface area contributed by atoms with Crippen LogP contribution in [0.1, 0.15) is 12.8 Å². The largest absolute Gasteiger partial charge is 0.303 e. The molecule has 56 valence electrons. The highest BCUT2D eigenvalue weighted by atomic mass is 15.1. The molecule has 1 aliphatic carbocycles. The van der Waals surface area contributed by atoms with E-state index in [1.54, 1.807) is 0 Å². The first-order chi connectivity index (χ1) is 4.70. The van der Waals surface area contributed by atoms with E-state index in [9.17, 15) is 0 Å². The quantitative estimate of drug-likeness (QED) is 0.379. The maximum Gasteiger partial charge on any atom is 0.110 e. The van der Waals surface area contributed by atoms with E-state index >= 15 is 0 Å². The first kappa shape index (κ1) is 7.87. The van der Waals surface area contributed by atoms with E-state index in [1.807, 2.05) is 0 Å². The molecule has 0 radical (unpaired) electrons. The fourth-order valence-corrected chi connectivity index (χ4v) is 1.37. The van der Waals surface area contributed by atoms with Crippen LogP contribution < -0.4 is 0 Å². The van der Waals surface area contributed by atoms with Crippen LogP contribution in [-0.4, -0.2) is 32.9 Å². The predicted octanol–water partition coefficient (Wildman–Crippen LogP) is 0.688. The molecule has 0 heterocycles. The van der Waals surface area contributed by atoms with Crippen LogP contribution in [0.15, 0.2) is 12.2 Å². The van der Waals surface area contributed by atoms with Crippen LogP contribution in [0, 0.1) is 0 Å². The van der Waals surface area contributed by atoms with Gasteiger partial charge >= 0.3 is 0 Å². The van der Waals surface area contributed by atoms with Gasteiger partial charge in [0.15, 0.2) is 0 Å². The monoisotopic (exact) mass is 137 g/mol. The third kappa shape index (κ3) is 1.88. The molecule has 0 aromatic carbocycles. The van der Waals surface area contributed by atoms with Gasteiger partial charge in [0.05, 0.1) is 0 Å². The smallest absolute Gasteiger partial charge is 0.110 e. The van der Waals surface area contributed by atoms with Crippen LogP contribution >= 0.6 is 0 Å². The Morgan fingerprint density at radius 3 is 2.40 bits per heavy atom. The zero-order chi connectivity index (χ0) is 7.56. The number of allylic oxidation sites excluding steroid dienone is 1. The van der Waals surface area contributed by atoms with Crippen LogP contribution in [0.2, 0.25) is 5.82 Å². The molecule has 2 atom stereocenters. The van der Waals surface area contributed by atoms with Crippen LogP contribution in [0.5, 0.6) is 0 Å². The Morgan fingerprint density at radius 2 is 2.00 bits per heavy atom. The standard InChI is InChI=1S/C8H16BN/c1-10(2)8-5-3-7(9)4-6-8/h3,5,7-8H,4,6,9H2,1-2H3. The van der Waals surface area contributed by atoms with Crippen LogP contribution in [0.25, 0.3) is 0 Å². The van der Waals surface area contributed by atoms with E-state index < -0.39 is 0 Å². The summed E-state index contributed by atoms with van der Waals surface area (Å²) in [4.78, 5) is 2.28. The Kier molecular flexibility index (Phi) is 2.55. The molecule has 0 saturated heterocycles. The molecule has 1 nitrogen and oxygen atoms in total. The molecule has 2 unspecified atom stereocenters. The van der Waals surface area contributed by atoms with Gasteiger partial charge in [-0.2, -0.15) is 0 Å². The van der Waals surface area contributed by atoms with Gasteiger partial charge in [-0.25, -0.2) is 0 Å². The minimum Gasteiger partial charge on any atom is -0.303 e. The Morgan fingerprint density at radius 1 is 1.30 bits per heavy atom. The van der Waals surface area contributed by atoms with Crippen molar-refractivity contribution in [3.8, 4) is 0 Å². The molecule has 0 amide bonds. The molecule has 0 aromatic rings. The van der Waals surface area contributed by atoms with Crippen LogP contribution in [0.4, 0.5) is 0 Å². The Balaban J connectivity index is 2.45. The summed E-state index contributed by atoms with van der Waals surface area (Å²) in [5, 5.41) is 0.